The van der Waals surface area contributed by atoms with Crippen molar-refractivity contribution in [2.24, 2.45) is 0 Å². The fourth-order valence-corrected chi connectivity index (χ4v) is 3.37. The van der Waals surface area contributed by atoms with Crippen LogP contribution in [0.1, 0.15) is 30.9 Å². The zero-order valence-electron chi connectivity index (χ0n) is 12.6. The molecule has 1 N–H and O–H groups in total. The van der Waals surface area contributed by atoms with Crippen LogP contribution in [0.4, 0.5) is 18.9 Å². The summed E-state index contributed by atoms with van der Waals surface area (Å²) in [5.41, 5.74) is 0.0290. The summed E-state index contributed by atoms with van der Waals surface area (Å²) >= 11 is 0. The highest BCUT2D eigenvalue weighted by atomic mass is 32.2. The molecule has 0 unspecified atom stereocenters. The van der Waals surface area contributed by atoms with Crippen molar-refractivity contribution in [1.82, 2.24) is 0 Å². The lowest BCUT2D eigenvalue weighted by Gasteiger charge is -2.14. The number of nitrogens with one attached hydrogen (secondary N) is 1. The number of hydrogen-bond donors (Lipinski definition) is 1. The minimum atomic E-state index is -4.74. The lowest BCUT2D eigenvalue weighted by molar-refractivity contribution is -0.139. The predicted octanol–water partition coefficient (Wildman–Crippen LogP) is 4.63. The number of alkyl halides is 3. The highest BCUT2D eigenvalue weighted by molar-refractivity contribution is 7.92. The lowest BCUT2D eigenvalue weighted by atomic mass is 10.0. The average molecular weight is 343 g/mol. The van der Waals surface area contributed by atoms with Crippen LogP contribution >= 0.6 is 0 Å². The van der Waals surface area contributed by atoms with Gasteiger partial charge < -0.3 is 0 Å². The largest absolute Gasteiger partial charge is 0.417 e. The monoisotopic (exact) mass is 343 g/mol. The van der Waals surface area contributed by atoms with Crippen molar-refractivity contribution in [3.8, 4) is 0 Å². The number of hydrogen-bond acceptors (Lipinski definition) is 2. The SMILES string of the molecule is CC(C)c1ccc(NS(=O)(=O)c2ccccc2C(F)(F)F)cc1. The molecule has 0 fully saturated rings. The Balaban J connectivity index is 2.37. The van der Waals surface area contributed by atoms with Crippen LogP contribution < -0.4 is 4.72 Å². The van der Waals surface area contributed by atoms with Gasteiger partial charge in [0.15, 0.2) is 0 Å². The van der Waals surface area contributed by atoms with Crippen molar-refractivity contribution < 1.29 is 21.6 Å². The third kappa shape index (κ3) is 4.04. The van der Waals surface area contributed by atoms with Gasteiger partial charge in [-0.15, -0.1) is 0 Å². The molecule has 0 radical (unpaired) electrons. The molecule has 0 heterocycles. The molecule has 0 saturated carbocycles. The average Bonchev–Trinajstić information content (AvgIpc) is 2.46. The topological polar surface area (TPSA) is 46.2 Å². The van der Waals surface area contributed by atoms with Crippen molar-refractivity contribution in [3.63, 3.8) is 0 Å². The molecule has 0 aliphatic rings. The number of sulfonamides is 1. The van der Waals surface area contributed by atoms with Crippen LogP contribution in [-0.4, -0.2) is 8.42 Å². The summed E-state index contributed by atoms with van der Waals surface area (Å²) in [5.74, 6) is 0.270. The Bertz CT molecular complexity index is 782. The van der Waals surface area contributed by atoms with Crippen LogP contribution in [0.5, 0.6) is 0 Å². The highest BCUT2D eigenvalue weighted by Crippen LogP contribution is 2.34. The Morgan fingerprint density at radius 1 is 0.957 bits per heavy atom. The van der Waals surface area contributed by atoms with Gasteiger partial charge in [-0.05, 0) is 35.7 Å². The maximum atomic E-state index is 13.0. The van der Waals surface area contributed by atoms with Gasteiger partial charge in [0.25, 0.3) is 10.0 Å². The van der Waals surface area contributed by atoms with Gasteiger partial charge in [-0.3, -0.25) is 4.72 Å². The number of anilines is 1. The molecular formula is C16H16F3NO2S. The lowest BCUT2D eigenvalue weighted by Crippen LogP contribution is -2.18. The van der Waals surface area contributed by atoms with Crippen molar-refractivity contribution in [1.29, 1.82) is 0 Å². The van der Waals surface area contributed by atoms with Gasteiger partial charge >= 0.3 is 6.18 Å². The Morgan fingerprint density at radius 3 is 2.04 bits per heavy atom. The summed E-state index contributed by atoms with van der Waals surface area (Å²) in [7, 11) is -4.33. The first-order valence-electron chi connectivity index (χ1n) is 6.90. The van der Waals surface area contributed by atoms with Crippen LogP contribution in [0.3, 0.4) is 0 Å². The van der Waals surface area contributed by atoms with Crippen molar-refractivity contribution in [3.05, 3.63) is 59.7 Å². The van der Waals surface area contributed by atoms with E-state index >= 15 is 0 Å². The number of benzene rings is 2. The summed E-state index contributed by atoms with van der Waals surface area (Å²) < 4.78 is 65.6. The van der Waals surface area contributed by atoms with Crippen LogP contribution in [0.2, 0.25) is 0 Å². The molecule has 2 aromatic carbocycles. The Labute approximate surface area is 133 Å². The summed E-state index contributed by atoms with van der Waals surface area (Å²) in [6.45, 7) is 3.97. The third-order valence-electron chi connectivity index (χ3n) is 3.31. The van der Waals surface area contributed by atoms with Crippen LogP contribution in [-0.2, 0) is 16.2 Å². The molecule has 0 saturated heterocycles. The van der Waals surface area contributed by atoms with E-state index in [1.807, 2.05) is 13.8 Å². The maximum absolute atomic E-state index is 13.0. The third-order valence-corrected chi connectivity index (χ3v) is 4.75. The standard InChI is InChI=1S/C16H16F3NO2S/c1-11(2)12-7-9-13(10-8-12)20-23(21,22)15-6-4-3-5-14(15)16(17,18)19/h3-11,20H,1-2H3. The van der Waals surface area contributed by atoms with E-state index in [0.29, 0.717) is 0 Å². The Hall–Kier alpha value is -2.02. The van der Waals surface area contributed by atoms with Gasteiger partial charge in [0.2, 0.25) is 0 Å². The van der Waals surface area contributed by atoms with Crippen molar-refractivity contribution >= 4 is 15.7 Å². The van der Waals surface area contributed by atoms with E-state index in [4.69, 9.17) is 0 Å². The fraction of sp³-hybridized carbons (Fsp3) is 0.250. The molecule has 0 atom stereocenters. The minimum absolute atomic E-state index is 0.214. The number of halogens is 3. The first-order valence-corrected chi connectivity index (χ1v) is 8.38. The van der Waals surface area contributed by atoms with Crippen LogP contribution in [0.25, 0.3) is 0 Å². The van der Waals surface area contributed by atoms with E-state index in [0.717, 1.165) is 23.8 Å². The van der Waals surface area contributed by atoms with Crippen LogP contribution in [0.15, 0.2) is 53.4 Å². The van der Waals surface area contributed by atoms with E-state index in [2.05, 4.69) is 4.72 Å². The van der Waals surface area contributed by atoms with Crippen molar-refractivity contribution in [2.75, 3.05) is 4.72 Å². The van der Waals surface area contributed by atoms with Gasteiger partial charge in [0, 0.05) is 5.69 Å². The predicted molar refractivity (Wildman–Crippen MR) is 82.8 cm³/mol. The smallest absolute Gasteiger partial charge is 0.280 e. The Morgan fingerprint density at radius 2 is 1.52 bits per heavy atom. The van der Waals surface area contributed by atoms with E-state index in [-0.39, 0.29) is 11.6 Å². The van der Waals surface area contributed by atoms with E-state index in [9.17, 15) is 21.6 Å². The summed E-state index contributed by atoms with van der Waals surface area (Å²) in [6.07, 6.45) is -4.74. The van der Waals surface area contributed by atoms with E-state index in [1.54, 1.807) is 12.1 Å². The van der Waals surface area contributed by atoms with Gasteiger partial charge in [-0.2, -0.15) is 13.2 Å². The molecule has 7 heteroatoms. The molecule has 0 bridgehead atoms. The molecule has 0 spiro atoms. The minimum Gasteiger partial charge on any atom is -0.280 e. The molecule has 0 amide bonds. The molecular weight excluding hydrogens is 327 g/mol. The first kappa shape index (κ1) is 17.3. The van der Waals surface area contributed by atoms with E-state index < -0.39 is 26.7 Å². The summed E-state index contributed by atoms with van der Waals surface area (Å²) in [6, 6.07) is 10.6. The zero-order chi connectivity index (χ0) is 17.3. The molecule has 124 valence electrons. The second-order valence-electron chi connectivity index (χ2n) is 5.38. The van der Waals surface area contributed by atoms with Gasteiger partial charge in [0.05, 0.1) is 10.5 Å². The van der Waals surface area contributed by atoms with Crippen LogP contribution in [0, 0.1) is 0 Å². The van der Waals surface area contributed by atoms with Gasteiger partial charge in [-0.25, -0.2) is 8.42 Å². The second-order valence-corrected chi connectivity index (χ2v) is 7.03. The van der Waals surface area contributed by atoms with E-state index in [1.165, 1.54) is 18.2 Å². The first-order chi connectivity index (χ1) is 10.6. The molecule has 3 nitrogen and oxygen atoms in total. The quantitative estimate of drug-likeness (QED) is 0.880. The van der Waals surface area contributed by atoms with Gasteiger partial charge in [0.1, 0.15) is 0 Å². The Kier molecular flexibility index (Phi) is 4.70. The second kappa shape index (κ2) is 6.23. The molecule has 2 aromatic rings. The fourth-order valence-electron chi connectivity index (χ4n) is 2.08. The maximum Gasteiger partial charge on any atom is 0.417 e. The van der Waals surface area contributed by atoms with Crippen molar-refractivity contribution in [2.45, 2.75) is 30.8 Å². The summed E-state index contributed by atoms with van der Waals surface area (Å²) in [5, 5.41) is 0. The highest BCUT2D eigenvalue weighted by Gasteiger charge is 2.36. The zero-order valence-corrected chi connectivity index (χ0v) is 13.4. The normalized spacial score (nSPS) is 12.4. The molecule has 2 rings (SSSR count). The van der Waals surface area contributed by atoms with Gasteiger partial charge in [-0.1, -0.05) is 38.1 Å². The number of rotatable bonds is 4. The molecule has 0 aliphatic carbocycles. The summed E-state index contributed by atoms with van der Waals surface area (Å²) in [4.78, 5) is -0.791. The molecule has 0 aliphatic heterocycles. The molecule has 0 aromatic heterocycles. The molecule has 23 heavy (non-hydrogen) atoms.